The number of amides is 2. The van der Waals surface area contributed by atoms with E-state index in [4.69, 9.17) is 9.47 Å². The summed E-state index contributed by atoms with van der Waals surface area (Å²) in [5, 5.41) is 10.1. The molecular formula is C23H25N3O7S. The maximum absolute atomic E-state index is 13.1. The number of rotatable bonds is 4. The third kappa shape index (κ3) is 3.94. The van der Waals surface area contributed by atoms with Gasteiger partial charge in [-0.1, -0.05) is 6.07 Å². The molecule has 5 rings (SSSR count). The molecule has 3 aliphatic rings. The summed E-state index contributed by atoms with van der Waals surface area (Å²) < 4.78 is 38.0. The summed E-state index contributed by atoms with van der Waals surface area (Å²) in [4.78, 5) is 28.8. The lowest BCUT2D eigenvalue weighted by Crippen LogP contribution is -2.52. The molecule has 3 heterocycles. The zero-order chi connectivity index (χ0) is 24.0. The molecule has 1 N–H and O–H groups in total. The van der Waals surface area contributed by atoms with Crippen molar-refractivity contribution in [1.29, 1.82) is 0 Å². The number of aryl methyl sites for hydroxylation is 1. The van der Waals surface area contributed by atoms with Crippen molar-refractivity contribution in [2.75, 3.05) is 44.4 Å². The Kier molecular flexibility index (Phi) is 5.61. The molecule has 1 unspecified atom stereocenters. The molecule has 180 valence electrons. The first-order valence-corrected chi connectivity index (χ1v) is 12.5. The number of anilines is 1. The Labute approximate surface area is 197 Å². The number of nitrogens with zero attached hydrogens (tertiary/aromatic N) is 3. The van der Waals surface area contributed by atoms with E-state index in [-0.39, 0.29) is 68.4 Å². The second kappa shape index (κ2) is 8.48. The summed E-state index contributed by atoms with van der Waals surface area (Å²) in [6, 6.07) is 9.69. The second-order valence-corrected chi connectivity index (χ2v) is 10.5. The van der Waals surface area contributed by atoms with Crippen molar-refractivity contribution in [1.82, 2.24) is 9.21 Å². The summed E-state index contributed by atoms with van der Waals surface area (Å²) in [6.07, 6.45) is 0.100. The van der Waals surface area contributed by atoms with Gasteiger partial charge in [0.15, 0.2) is 11.5 Å². The minimum atomic E-state index is -3.88. The Morgan fingerprint density at radius 1 is 1.03 bits per heavy atom. The first-order valence-electron chi connectivity index (χ1n) is 11.0. The van der Waals surface area contributed by atoms with Gasteiger partial charge in [-0.2, -0.15) is 4.31 Å². The summed E-state index contributed by atoms with van der Waals surface area (Å²) >= 11 is 0. The summed E-state index contributed by atoms with van der Waals surface area (Å²) in [7, 11) is -3.88. The van der Waals surface area contributed by atoms with Crippen molar-refractivity contribution < 1.29 is 32.6 Å². The minimum Gasteiger partial charge on any atom is -0.507 e. The average Bonchev–Trinajstić information content (AvgIpc) is 3.46. The highest BCUT2D eigenvalue weighted by Crippen LogP contribution is 2.37. The van der Waals surface area contributed by atoms with E-state index in [2.05, 4.69) is 0 Å². The molecule has 0 aliphatic carbocycles. The molecule has 2 fully saturated rings. The highest BCUT2D eigenvalue weighted by molar-refractivity contribution is 7.89. The fourth-order valence-electron chi connectivity index (χ4n) is 4.55. The smallest absolute Gasteiger partial charge is 0.246 e. The van der Waals surface area contributed by atoms with Crippen LogP contribution in [-0.4, -0.2) is 74.1 Å². The van der Waals surface area contributed by atoms with Gasteiger partial charge in [-0.05, 0) is 36.8 Å². The van der Waals surface area contributed by atoms with Crippen molar-refractivity contribution in [2.24, 2.45) is 5.92 Å². The fraction of sp³-hybridized carbons (Fsp3) is 0.391. The number of hydrogen-bond acceptors (Lipinski definition) is 7. The topological polar surface area (TPSA) is 117 Å². The van der Waals surface area contributed by atoms with E-state index in [1.807, 2.05) is 0 Å². The minimum absolute atomic E-state index is 0.100. The molecular weight excluding hydrogens is 462 g/mol. The van der Waals surface area contributed by atoms with Crippen molar-refractivity contribution in [3.05, 3.63) is 42.0 Å². The molecule has 2 amide bonds. The van der Waals surface area contributed by atoms with Crippen LogP contribution in [0.3, 0.4) is 0 Å². The lowest BCUT2D eigenvalue weighted by molar-refractivity contribution is -0.136. The predicted octanol–water partition coefficient (Wildman–Crippen LogP) is 1.32. The van der Waals surface area contributed by atoms with Crippen LogP contribution >= 0.6 is 0 Å². The van der Waals surface area contributed by atoms with Crippen LogP contribution in [0.4, 0.5) is 5.69 Å². The van der Waals surface area contributed by atoms with Gasteiger partial charge < -0.3 is 24.4 Å². The molecule has 11 heteroatoms. The van der Waals surface area contributed by atoms with Gasteiger partial charge in [0.1, 0.15) is 10.6 Å². The number of benzene rings is 2. The lowest BCUT2D eigenvalue weighted by atomic mass is 10.1. The second-order valence-electron chi connectivity index (χ2n) is 8.64. The quantitative estimate of drug-likeness (QED) is 0.691. The van der Waals surface area contributed by atoms with E-state index in [1.165, 1.54) is 16.4 Å². The largest absolute Gasteiger partial charge is 0.507 e. The van der Waals surface area contributed by atoms with Crippen molar-refractivity contribution >= 4 is 27.5 Å². The highest BCUT2D eigenvalue weighted by Gasteiger charge is 2.39. The molecule has 0 aromatic heterocycles. The number of phenols is 1. The Morgan fingerprint density at radius 3 is 2.53 bits per heavy atom. The number of phenolic OH excluding ortho intramolecular Hbond substituents is 1. The normalized spacial score (nSPS) is 20.7. The maximum Gasteiger partial charge on any atom is 0.246 e. The first kappa shape index (κ1) is 22.5. The van der Waals surface area contributed by atoms with Gasteiger partial charge in [0.2, 0.25) is 28.6 Å². The number of fused-ring (bicyclic) bond motifs is 1. The van der Waals surface area contributed by atoms with Crippen LogP contribution in [0.2, 0.25) is 0 Å². The number of carbonyl (C=O) groups excluding carboxylic acids is 2. The Morgan fingerprint density at radius 2 is 1.76 bits per heavy atom. The van der Waals surface area contributed by atoms with E-state index in [0.29, 0.717) is 17.2 Å². The number of ether oxygens (including phenoxy) is 2. The van der Waals surface area contributed by atoms with Crippen molar-refractivity contribution in [3.8, 4) is 17.2 Å². The molecule has 0 spiro atoms. The van der Waals surface area contributed by atoms with Crippen LogP contribution in [0.25, 0.3) is 0 Å². The van der Waals surface area contributed by atoms with Crippen LogP contribution < -0.4 is 14.4 Å². The van der Waals surface area contributed by atoms with Crippen LogP contribution in [0.1, 0.15) is 12.0 Å². The zero-order valence-electron chi connectivity index (χ0n) is 18.6. The van der Waals surface area contributed by atoms with Crippen LogP contribution in [0.15, 0.2) is 41.3 Å². The van der Waals surface area contributed by atoms with Crippen LogP contribution in [-0.2, 0) is 19.6 Å². The highest BCUT2D eigenvalue weighted by atomic mass is 32.2. The molecule has 10 nitrogen and oxygen atoms in total. The maximum atomic E-state index is 13.1. The first-order chi connectivity index (χ1) is 16.2. The Balaban J connectivity index is 1.23. The number of aromatic hydroxyl groups is 1. The van der Waals surface area contributed by atoms with Crippen LogP contribution in [0, 0.1) is 12.8 Å². The number of hydrogen-bond donors (Lipinski definition) is 1. The van der Waals surface area contributed by atoms with Crippen molar-refractivity contribution in [3.63, 3.8) is 0 Å². The summed E-state index contributed by atoms with van der Waals surface area (Å²) in [5.41, 5.74) is 1.38. The third-order valence-corrected chi connectivity index (χ3v) is 8.35. The van der Waals surface area contributed by atoms with E-state index < -0.39 is 15.9 Å². The number of carbonyl (C=O) groups is 2. The number of sulfonamides is 1. The lowest BCUT2D eigenvalue weighted by Gasteiger charge is -2.35. The van der Waals surface area contributed by atoms with Gasteiger partial charge >= 0.3 is 0 Å². The van der Waals surface area contributed by atoms with Gasteiger partial charge in [0, 0.05) is 50.9 Å². The molecule has 34 heavy (non-hydrogen) atoms. The van der Waals surface area contributed by atoms with Crippen molar-refractivity contribution in [2.45, 2.75) is 18.2 Å². The van der Waals surface area contributed by atoms with E-state index in [0.717, 1.165) is 5.56 Å². The van der Waals surface area contributed by atoms with Gasteiger partial charge in [-0.25, -0.2) is 8.42 Å². The third-order valence-electron chi connectivity index (χ3n) is 6.43. The number of piperazine rings is 1. The molecule has 0 radical (unpaired) electrons. The SMILES string of the molecule is Cc1ccc(O)c(S(=O)(=O)N2CCN(C(=O)C3CC(=O)N(c4ccc5c(c4)OCO5)C3)CC2)c1. The fourth-order valence-corrected chi connectivity index (χ4v) is 6.14. The average molecular weight is 488 g/mol. The predicted molar refractivity (Wildman–Crippen MR) is 121 cm³/mol. The van der Waals surface area contributed by atoms with E-state index in [9.17, 15) is 23.1 Å². The Hall–Kier alpha value is -3.31. The summed E-state index contributed by atoms with van der Waals surface area (Å²) in [6.45, 7) is 2.83. The standard InChI is InChI=1S/C23H25N3O7S/c1-15-2-4-18(27)21(10-15)34(30,31)25-8-6-24(7-9-25)23(29)16-11-22(28)26(13-16)17-3-5-19-20(12-17)33-14-32-19/h2-5,10,12,16,27H,6-9,11,13-14H2,1H3. The van der Waals surface area contributed by atoms with E-state index >= 15 is 0 Å². The monoisotopic (exact) mass is 487 g/mol. The zero-order valence-corrected chi connectivity index (χ0v) is 19.5. The Bertz CT molecular complexity index is 1260. The molecule has 0 bridgehead atoms. The molecule has 2 aromatic carbocycles. The molecule has 0 saturated carbocycles. The molecule has 2 aromatic rings. The van der Waals surface area contributed by atoms with Crippen LogP contribution in [0.5, 0.6) is 17.2 Å². The molecule has 2 saturated heterocycles. The summed E-state index contributed by atoms with van der Waals surface area (Å²) in [5.74, 6) is 0.0892. The molecule has 1 atom stereocenters. The van der Waals surface area contributed by atoms with Gasteiger partial charge in [0.05, 0.1) is 5.92 Å². The molecule has 3 aliphatic heterocycles. The van der Waals surface area contributed by atoms with Gasteiger partial charge in [-0.3, -0.25) is 9.59 Å². The van der Waals surface area contributed by atoms with Gasteiger partial charge in [-0.15, -0.1) is 0 Å². The van der Waals surface area contributed by atoms with E-state index in [1.54, 1.807) is 41.0 Å². The van der Waals surface area contributed by atoms with Gasteiger partial charge in [0.25, 0.3) is 0 Å².